The first-order valence-electron chi connectivity index (χ1n) is 9.32. The van der Waals surface area contributed by atoms with E-state index in [1.165, 1.54) is 0 Å². The number of carbonyl (C=O) groups excluding carboxylic acids is 2. The second-order valence-electron chi connectivity index (χ2n) is 7.82. The Labute approximate surface area is 171 Å². The van der Waals surface area contributed by atoms with Crippen LogP contribution in [0.3, 0.4) is 0 Å². The summed E-state index contributed by atoms with van der Waals surface area (Å²) in [5, 5.41) is 1.10. The van der Waals surface area contributed by atoms with Crippen LogP contribution in [-0.2, 0) is 16.1 Å². The quantitative estimate of drug-likeness (QED) is 0.696. The van der Waals surface area contributed by atoms with Crippen LogP contribution in [0.2, 0.25) is 10.0 Å². The minimum atomic E-state index is -0.551. The number of rotatable bonds is 4. The molecule has 2 rings (SSSR count). The van der Waals surface area contributed by atoms with E-state index >= 15 is 0 Å². The highest BCUT2D eigenvalue weighted by Crippen LogP contribution is 2.27. The molecule has 2 amide bonds. The molecule has 1 aliphatic rings. The van der Waals surface area contributed by atoms with Gasteiger partial charge in [-0.25, -0.2) is 4.79 Å². The molecule has 7 heteroatoms. The van der Waals surface area contributed by atoms with E-state index in [1.807, 2.05) is 27.7 Å². The summed E-state index contributed by atoms with van der Waals surface area (Å²) in [6.45, 7) is 9.33. The fourth-order valence-electron chi connectivity index (χ4n) is 3.15. The van der Waals surface area contributed by atoms with Crippen molar-refractivity contribution < 1.29 is 14.3 Å². The molecule has 27 heavy (non-hydrogen) atoms. The van der Waals surface area contributed by atoms with E-state index in [0.29, 0.717) is 36.2 Å². The summed E-state index contributed by atoms with van der Waals surface area (Å²) < 4.78 is 5.45. The molecule has 0 aliphatic carbocycles. The molecule has 0 bridgehead atoms. The van der Waals surface area contributed by atoms with Crippen molar-refractivity contribution in [2.45, 2.75) is 52.7 Å². The maximum atomic E-state index is 13.1. The van der Waals surface area contributed by atoms with Crippen molar-refractivity contribution in [1.29, 1.82) is 0 Å². The zero-order valence-electron chi connectivity index (χ0n) is 16.4. The zero-order chi connectivity index (χ0) is 20.2. The predicted molar refractivity (Wildman–Crippen MR) is 108 cm³/mol. The van der Waals surface area contributed by atoms with Crippen LogP contribution in [0.1, 0.15) is 46.1 Å². The smallest absolute Gasteiger partial charge is 0.410 e. The molecule has 0 unspecified atom stereocenters. The Morgan fingerprint density at radius 2 is 1.89 bits per heavy atom. The minimum absolute atomic E-state index is 0.0155. The van der Waals surface area contributed by atoms with E-state index in [0.717, 1.165) is 18.4 Å². The van der Waals surface area contributed by atoms with E-state index in [1.54, 1.807) is 28.0 Å². The molecule has 1 heterocycles. The molecule has 1 saturated heterocycles. The van der Waals surface area contributed by atoms with Crippen LogP contribution in [0.5, 0.6) is 0 Å². The van der Waals surface area contributed by atoms with Gasteiger partial charge in [0, 0.05) is 41.8 Å². The second kappa shape index (κ2) is 9.16. The Bertz CT molecular complexity index is 668. The van der Waals surface area contributed by atoms with Gasteiger partial charge in [-0.3, -0.25) is 4.79 Å². The molecular weight excluding hydrogens is 387 g/mol. The highest BCUT2D eigenvalue weighted by molar-refractivity contribution is 6.36. The Morgan fingerprint density at radius 3 is 2.44 bits per heavy atom. The summed E-state index contributed by atoms with van der Waals surface area (Å²) in [5.74, 6) is -0.228. The number of hydrogen-bond acceptors (Lipinski definition) is 3. The Balaban J connectivity index is 2.07. The number of benzene rings is 1. The third-order valence-electron chi connectivity index (χ3n) is 4.53. The number of halogens is 2. The van der Waals surface area contributed by atoms with Gasteiger partial charge in [0.15, 0.2) is 0 Å². The van der Waals surface area contributed by atoms with Gasteiger partial charge in [-0.2, -0.15) is 0 Å². The van der Waals surface area contributed by atoms with Crippen LogP contribution in [0.25, 0.3) is 0 Å². The van der Waals surface area contributed by atoms with Crippen LogP contribution >= 0.6 is 23.2 Å². The van der Waals surface area contributed by atoms with Gasteiger partial charge in [0.2, 0.25) is 5.91 Å². The lowest BCUT2D eigenvalue weighted by molar-refractivity contribution is -0.137. The largest absolute Gasteiger partial charge is 0.444 e. The first-order valence-corrected chi connectivity index (χ1v) is 10.1. The summed E-state index contributed by atoms with van der Waals surface area (Å²) in [5.41, 5.74) is 0.195. The average molecular weight is 415 g/mol. The number of carbonyl (C=O) groups is 2. The lowest BCUT2D eigenvalue weighted by Gasteiger charge is -2.35. The van der Waals surface area contributed by atoms with Crippen molar-refractivity contribution in [1.82, 2.24) is 9.80 Å². The fourth-order valence-corrected chi connectivity index (χ4v) is 3.67. The second-order valence-corrected chi connectivity index (χ2v) is 8.63. The average Bonchev–Trinajstić information content (AvgIpc) is 2.60. The van der Waals surface area contributed by atoms with E-state index in [9.17, 15) is 9.59 Å². The Hall–Kier alpha value is -1.46. The third kappa shape index (κ3) is 6.01. The van der Waals surface area contributed by atoms with Crippen LogP contribution in [-0.4, -0.2) is 47.0 Å². The SMILES string of the molecule is CCN(Cc1c(Cl)cccc1Cl)C(=O)[C@@H]1CCCN(C(=O)OC(C)(C)C)C1. The van der Waals surface area contributed by atoms with Crippen molar-refractivity contribution in [3.05, 3.63) is 33.8 Å². The Morgan fingerprint density at radius 1 is 1.26 bits per heavy atom. The van der Waals surface area contributed by atoms with Crippen LogP contribution < -0.4 is 0 Å². The van der Waals surface area contributed by atoms with Crippen molar-refractivity contribution in [3.8, 4) is 0 Å². The fraction of sp³-hybridized carbons (Fsp3) is 0.600. The third-order valence-corrected chi connectivity index (χ3v) is 5.23. The number of likely N-dealkylation sites (tertiary alicyclic amines) is 1. The van der Waals surface area contributed by atoms with Gasteiger partial charge in [-0.05, 0) is 52.7 Å². The van der Waals surface area contributed by atoms with E-state index in [4.69, 9.17) is 27.9 Å². The Kier molecular flexibility index (Phi) is 7.40. The number of piperidine rings is 1. The van der Waals surface area contributed by atoms with E-state index < -0.39 is 5.60 Å². The first-order chi connectivity index (χ1) is 12.6. The molecule has 0 aromatic heterocycles. The molecule has 0 saturated carbocycles. The van der Waals surface area contributed by atoms with Crippen molar-refractivity contribution in [2.24, 2.45) is 5.92 Å². The molecule has 1 aromatic rings. The predicted octanol–water partition coefficient (Wildman–Crippen LogP) is 4.99. The molecule has 1 aromatic carbocycles. The van der Waals surface area contributed by atoms with Crippen LogP contribution in [0, 0.1) is 5.92 Å². The highest BCUT2D eigenvalue weighted by Gasteiger charge is 2.33. The minimum Gasteiger partial charge on any atom is -0.444 e. The molecule has 0 spiro atoms. The van der Waals surface area contributed by atoms with Crippen LogP contribution in [0.15, 0.2) is 18.2 Å². The van der Waals surface area contributed by atoms with Crippen molar-refractivity contribution >= 4 is 35.2 Å². The summed E-state index contributed by atoms with van der Waals surface area (Å²) in [6.07, 6.45) is 1.17. The summed E-state index contributed by atoms with van der Waals surface area (Å²) >= 11 is 12.5. The maximum absolute atomic E-state index is 13.1. The lowest BCUT2D eigenvalue weighted by Crippen LogP contribution is -2.47. The molecule has 1 aliphatic heterocycles. The standard InChI is InChI=1S/C20H28Cl2N2O3/c1-5-23(13-15-16(21)9-6-10-17(15)22)18(25)14-8-7-11-24(12-14)19(26)27-20(2,3)4/h6,9-10,14H,5,7-8,11-13H2,1-4H3/t14-/m1/s1. The van der Waals surface area contributed by atoms with Gasteiger partial charge in [0.1, 0.15) is 5.60 Å². The first kappa shape index (κ1) is 21.8. The van der Waals surface area contributed by atoms with Gasteiger partial charge < -0.3 is 14.5 Å². The molecule has 5 nitrogen and oxygen atoms in total. The van der Waals surface area contributed by atoms with E-state index in [-0.39, 0.29) is 17.9 Å². The topological polar surface area (TPSA) is 49.9 Å². The lowest BCUT2D eigenvalue weighted by atomic mass is 9.96. The van der Waals surface area contributed by atoms with Gasteiger partial charge in [-0.1, -0.05) is 29.3 Å². The van der Waals surface area contributed by atoms with Gasteiger partial charge in [0.25, 0.3) is 0 Å². The molecular formula is C20H28Cl2N2O3. The zero-order valence-corrected chi connectivity index (χ0v) is 17.9. The molecule has 1 fully saturated rings. The summed E-state index contributed by atoms with van der Waals surface area (Å²) in [7, 11) is 0. The van der Waals surface area contributed by atoms with Gasteiger partial charge in [-0.15, -0.1) is 0 Å². The van der Waals surface area contributed by atoms with Crippen molar-refractivity contribution in [2.75, 3.05) is 19.6 Å². The highest BCUT2D eigenvalue weighted by atomic mass is 35.5. The van der Waals surface area contributed by atoms with E-state index in [2.05, 4.69) is 0 Å². The number of hydrogen-bond donors (Lipinski definition) is 0. The monoisotopic (exact) mass is 414 g/mol. The van der Waals surface area contributed by atoms with Crippen LogP contribution in [0.4, 0.5) is 4.79 Å². The number of nitrogens with zero attached hydrogens (tertiary/aromatic N) is 2. The van der Waals surface area contributed by atoms with Crippen molar-refractivity contribution in [3.63, 3.8) is 0 Å². The number of amides is 2. The molecule has 1 atom stereocenters. The maximum Gasteiger partial charge on any atom is 0.410 e. The molecule has 150 valence electrons. The molecule has 0 N–H and O–H groups in total. The number of ether oxygens (including phenoxy) is 1. The normalized spacial score (nSPS) is 17.6. The van der Waals surface area contributed by atoms with Gasteiger partial charge in [0.05, 0.1) is 5.92 Å². The summed E-state index contributed by atoms with van der Waals surface area (Å²) in [4.78, 5) is 28.8. The molecule has 0 radical (unpaired) electrons. The summed E-state index contributed by atoms with van der Waals surface area (Å²) in [6, 6.07) is 5.32. The van der Waals surface area contributed by atoms with Gasteiger partial charge >= 0.3 is 6.09 Å².